The van der Waals surface area contributed by atoms with Crippen LogP contribution in [-0.2, 0) is 0 Å². The number of thioether (sulfide) groups is 1. The quantitative estimate of drug-likeness (QED) is 0.576. The molecular weight excluding hydrogens is 304 g/mol. The van der Waals surface area contributed by atoms with Crippen molar-refractivity contribution >= 4 is 29.1 Å². The van der Waals surface area contributed by atoms with Crippen LogP contribution in [0.2, 0.25) is 5.02 Å². The molecule has 2 rings (SSSR count). The predicted octanol–water partition coefficient (Wildman–Crippen LogP) is 4.94. The molecule has 0 aliphatic carbocycles. The fraction of sp³-hybridized carbons (Fsp3) is 0.235. The van der Waals surface area contributed by atoms with Crippen LogP contribution in [0.3, 0.4) is 0 Å². The van der Waals surface area contributed by atoms with Gasteiger partial charge in [-0.15, -0.1) is 11.8 Å². The number of halogens is 1. The summed E-state index contributed by atoms with van der Waals surface area (Å²) in [5.74, 6) is 0.731. The first-order chi connectivity index (χ1) is 10.0. The zero-order chi connectivity index (χ0) is 15.4. The minimum Gasteiger partial charge on any atom is -0.485 e. The Morgan fingerprint density at radius 1 is 1.14 bits per heavy atom. The lowest BCUT2D eigenvalue weighted by Crippen LogP contribution is -2.12. The van der Waals surface area contributed by atoms with Crippen molar-refractivity contribution in [3.63, 3.8) is 0 Å². The molecule has 0 unspecified atom stereocenters. The number of ketones is 1. The van der Waals surface area contributed by atoms with Gasteiger partial charge in [0.05, 0.1) is 0 Å². The molecule has 0 fully saturated rings. The summed E-state index contributed by atoms with van der Waals surface area (Å²) < 4.78 is 5.72. The molecule has 0 saturated heterocycles. The van der Waals surface area contributed by atoms with Crippen LogP contribution in [0.5, 0.6) is 5.75 Å². The Labute approximate surface area is 134 Å². The maximum absolute atomic E-state index is 12.1. The predicted molar refractivity (Wildman–Crippen MR) is 89.0 cm³/mol. The average molecular weight is 321 g/mol. The number of ether oxygens (including phenoxy) is 1. The monoisotopic (exact) mass is 320 g/mol. The Balaban J connectivity index is 2.09. The molecule has 21 heavy (non-hydrogen) atoms. The highest BCUT2D eigenvalue weighted by atomic mass is 35.5. The maximum Gasteiger partial charge on any atom is 0.200 e. The Morgan fingerprint density at radius 2 is 1.71 bits per heavy atom. The molecule has 0 aliphatic rings. The summed E-state index contributed by atoms with van der Waals surface area (Å²) in [7, 11) is 0. The Hall–Kier alpha value is -1.45. The Bertz CT molecular complexity index is 627. The first kappa shape index (κ1) is 15.9. The van der Waals surface area contributed by atoms with Crippen LogP contribution in [0.1, 0.15) is 21.5 Å². The van der Waals surface area contributed by atoms with Crippen molar-refractivity contribution in [2.75, 3.05) is 12.9 Å². The molecule has 0 saturated carbocycles. The van der Waals surface area contributed by atoms with Crippen molar-refractivity contribution in [2.45, 2.75) is 18.7 Å². The van der Waals surface area contributed by atoms with Crippen molar-refractivity contribution in [1.29, 1.82) is 0 Å². The minimum atomic E-state index is -0.0561. The molecule has 0 bridgehead atoms. The largest absolute Gasteiger partial charge is 0.485 e. The van der Waals surface area contributed by atoms with Gasteiger partial charge >= 0.3 is 0 Å². The maximum atomic E-state index is 12.1. The molecule has 0 atom stereocenters. The number of aryl methyl sites for hydroxylation is 2. The highest BCUT2D eigenvalue weighted by Gasteiger charge is 2.10. The van der Waals surface area contributed by atoms with Crippen LogP contribution in [0, 0.1) is 13.8 Å². The summed E-state index contributed by atoms with van der Waals surface area (Å²) in [4.78, 5) is 13.3. The average Bonchev–Trinajstić information content (AvgIpc) is 2.46. The Morgan fingerprint density at radius 3 is 2.24 bits per heavy atom. The van der Waals surface area contributed by atoms with E-state index in [2.05, 4.69) is 12.1 Å². The lowest BCUT2D eigenvalue weighted by molar-refractivity contribution is 0.0920. The van der Waals surface area contributed by atoms with Gasteiger partial charge in [-0.1, -0.05) is 11.6 Å². The molecule has 0 spiro atoms. The number of carbonyl (C=O) groups excluding carboxylic acids is 1. The van der Waals surface area contributed by atoms with E-state index in [-0.39, 0.29) is 12.4 Å². The normalized spacial score (nSPS) is 10.5. The van der Waals surface area contributed by atoms with Crippen LogP contribution < -0.4 is 4.74 Å². The lowest BCUT2D eigenvalue weighted by Gasteiger charge is -2.13. The number of Topliss-reactive ketones (excluding diaryl/α,β-unsaturated/α-hetero) is 1. The molecule has 0 amide bonds. The number of hydrogen-bond donors (Lipinski definition) is 0. The van der Waals surface area contributed by atoms with Gasteiger partial charge in [0.25, 0.3) is 0 Å². The standard InChI is InChI=1S/C17H17ClO2S/c1-11-8-15(21-3)9-12(2)17(11)20-10-16(19)13-4-6-14(18)7-5-13/h4-9H,10H2,1-3H3. The van der Waals surface area contributed by atoms with Gasteiger partial charge in [0.2, 0.25) is 0 Å². The smallest absolute Gasteiger partial charge is 0.200 e. The van der Waals surface area contributed by atoms with Crippen molar-refractivity contribution in [2.24, 2.45) is 0 Å². The van der Waals surface area contributed by atoms with E-state index in [4.69, 9.17) is 16.3 Å². The highest BCUT2D eigenvalue weighted by molar-refractivity contribution is 7.98. The summed E-state index contributed by atoms with van der Waals surface area (Å²) in [5.41, 5.74) is 2.70. The minimum absolute atomic E-state index is 0.0297. The van der Waals surface area contributed by atoms with Gasteiger partial charge in [0, 0.05) is 15.5 Å². The van der Waals surface area contributed by atoms with Crippen molar-refractivity contribution < 1.29 is 9.53 Å². The van der Waals surface area contributed by atoms with E-state index in [1.165, 1.54) is 4.90 Å². The Kier molecular flexibility index (Phi) is 5.32. The first-order valence-corrected chi connectivity index (χ1v) is 8.18. The van der Waals surface area contributed by atoms with Gasteiger partial charge in [-0.05, 0) is 67.6 Å². The van der Waals surface area contributed by atoms with Crippen LogP contribution in [0.25, 0.3) is 0 Å². The number of hydrogen-bond acceptors (Lipinski definition) is 3. The van der Waals surface area contributed by atoms with E-state index in [1.54, 1.807) is 36.0 Å². The summed E-state index contributed by atoms with van der Waals surface area (Å²) in [6.45, 7) is 4.02. The number of carbonyl (C=O) groups is 1. The van der Waals surface area contributed by atoms with E-state index < -0.39 is 0 Å². The molecular formula is C17H17ClO2S. The zero-order valence-electron chi connectivity index (χ0n) is 12.3. The van der Waals surface area contributed by atoms with Gasteiger partial charge in [-0.2, -0.15) is 0 Å². The van der Waals surface area contributed by atoms with Crippen LogP contribution in [-0.4, -0.2) is 18.6 Å². The van der Waals surface area contributed by atoms with E-state index in [9.17, 15) is 4.79 Å². The van der Waals surface area contributed by atoms with Gasteiger partial charge < -0.3 is 4.74 Å². The van der Waals surface area contributed by atoms with Gasteiger partial charge in [-0.25, -0.2) is 0 Å². The molecule has 2 aromatic rings. The van der Waals surface area contributed by atoms with Gasteiger partial charge in [-0.3, -0.25) is 4.79 Å². The fourth-order valence-electron chi connectivity index (χ4n) is 2.11. The molecule has 0 radical (unpaired) electrons. The van der Waals surface area contributed by atoms with Crippen molar-refractivity contribution in [3.8, 4) is 5.75 Å². The molecule has 0 aliphatic heterocycles. The summed E-state index contributed by atoms with van der Waals surface area (Å²) >= 11 is 7.51. The molecule has 110 valence electrons. The fourth-order valence-corrected chi connectivity index (χ4v) is 2.83. The van der Waals surface area contributed by atoms with Crippen LogP contribution >= 0.6 is 23.4 Å². The van der Waals surface area contributed by atoms with E-state index >= 15 is 0 Å². The molecule has 0 heterocycles. The molecule has 0 N–H and O–H groups in total. The second kappa shape index (κ2) is 7.01. The van der Waals surface area contributed by atoms with Gasteiger partial charge in [0.15, 0.2) is 12.4 Å². The number of rotatable bonds is 5. The molecule has 0 aromatic heterocycles. The van der Waals surface area contributed by atoms with Crippen molar-refractivity contribution in [3.05, 3.63) is 58.1 Å². The third kappa shape index (κ3) is 4.02. The van der Waals surface area contributed by atoms with Gasteiger partial charge in [0.1, 0.15) is 5.75 Å². The van der Waals surface area contributed by atoms with Crippen molar-refractivity contribution in [1.82, 2.24) is 0 Å². The van der Waals surface area contributed by atoms with E-state index in [0.717, 1.165) is 16.9 Å². The third-order valence-electron chi connectivity index (χ3n) is 3.18. The lowest BCUT2D eigenvalue weighted by atomic mass is 10.1. The van der Waals surface area contributed by atoms with Crippen LogP contribution in [0.4, 0.5) is 0 Å². The number of benzene rings is 2. The van der Waals surface area contributed by atoms with E-state index in [0.29, 0.717) is 10.6 Å². The topological polar surface area (TPSA) is 26.3 Å². The molecule has 2 aromatic carbocycles. The summed E-state index contributed by atoms with van der Waals surface area (Å²) in [5, 5.41) is 0.617. The summed E-state index contributed by atoms with van der Waals surface area (Å²) in [6.07, 6.45) is 2.04. The van der Waals surface area contributed by atoms with E-state index in [1.807, 2.05) is 20.1 Å². The van der Waals surface area contributed by atoms with Crippen LogP contribution in [0.15, 0.2) is 41.3 Å². The summed E-state index contributed by atoms with van der Waals surface area (Å²) in [6, 6.07) is 11.0. The SMILES string of the molecule is CSc1cc(C)c(OCC(=O)c2ccc(Cl)cc2)c(C)c1. The highest BCUT2D eigenvalue weighted by Crippen LogP contribution is 2.28. The first-order valence-electron chi connectivity index (χ1n) is 6.58. The molecule has 2 nitrogen and oxygen atoms in total. The second-order valence-corrected chi connectivity index (χ2v) is 6.13. The second-order valence-electron chi connectivity index (χ2n) is 4.81. The molecule has 4 heteroatoms. The zero-order valence-corrected chi connectivity index (χ0v) is 13.8. The third-order valence-corrected chi connectivity index (χ3v) is 4.14.